The fraction of sp³-hybridized carbons (Fsp3) is 0.824. The third-order valence-electron chi connectivity index (χ3n) is 4.41. The molecule has 134 valence electrons. The molecule has 0 aliphatic carbocycles. The van der Waals surface area contributed by atoms with Crippen LogP contribution in [0.4, 0.5) is 8.78 Å². The predicted molar refractivity (Wildman–Crippen MR) is 109 cm³/mol. The van der Waals surface area contributed by atoms with Crippen LogP contribution in [0.2, 0.25) is 0 Å². The van der Waals surface area contributed by atoms with Crippen molar-refractivity contribution in [1.82, 2.24) is 9.78 Å². The van der Waals surface area contributed by atoms with Crippen LogP contribution in [0.15, 0.2) is 0 Å². The van der Waals surface area contributed by atoms with E-state index in [1.165, 1.54) is 25.7 Å². The molecule has 0 bridgehead atoms. The fourth-order valence-electron chi connectivity index (χ4n) is 2.90. The first-order chi connectivity index (χ1) is 10.9. The summed E-state index contributed by atoms with van der Waals surface area (Å²) in [6, 6.07) is 0. The molecule has 23 heavy (non-hydrogen) atoms. The van der Waals surface area contributed by atoms with Crippen LogP contribution < -0.4 is 0 Å². The summed E-state index contributed by atoms with van der Waals surface area (Å²) in [5, 5.41) is 4.30. The van der Waals surface area contributed by atoms with E-state index in [4.69, 9.17) is 0 Å². The summed E-state index contributed by atoms with van der Waals surface area (Å²) in [4.78, 5) is 0. The molecule has 1 aromatic heterocycles. The van der Waals surface area contributed by atoms with E-state index in [-0.39, 0.29) is 11.2 Å². The van der Waals surface area contributed by atoms with Crippen LogP contribution in [0.1, 0.15) is 90.7 Å². The summed E-state index contributed by atoms with van der Waals surface area (Å²) >= 11 is 4.17. The number of hydrogen-bond donors (Lipinski definition) is 0. The average molecular weight is 552 g/mol. The first-order valence-electron chi connectivity index (χ1n) is 8.60. The molecule has 1 heterocycles. The number of halogens is 4. The molecule has 6 heteroatoms. The van der Waals surface area contributed by atoms with Crippen LogP contribution in [-0.2, 0) is 5.54 Å². The van der Waals surface area contributed by atoms with Gasteiger partial charge in [-0.25, -0.2) is 8.78 Å². The van der Waals surface area contributed by atoms with E-state index in [1.807, 2.05) is 27.3 Å². The highest BCUT2D eigenvalue weighted by atomic mass is 127. The third-order valence-corrected chi connectivity index (χ3v) is 7.50. The number of rotatable bonds is 11. The van der Waals surface area contributed by atoms with Crippen molar-refractivity contribution in [3.05, 3.63) is 13.0 Å². The molecule has 0 aliphatic rings. The Hall–Kier alpha value is 0.530. The van der Waals surface area contributed by atoms with E-state index in [9.17, 15) is 8.78 Å². The molecule has 0 spiro atoms. The standard InChI is InChI=1S/C17H28F2I2N2/c1-4-6-8-9-10-12-17(3,11-7-5-2)23-16(21)13(20)14(22-23)15(18)19/h15H,4-12H2,1-3H3. The van der Waals surface area contributed by atoms with Crippen molar-refractivity contribution in [3.63, 3.8) is 0 Å². The summed E-state index contributed by atoms with van der Waals surface area (Å²) < 4.78 is 29.7. The molecule has 1 aromatic rings. The molecule has 0 aliphatic heterocycles. The van der Waals surface area contributed by atoms with Gasteiger partial charge in [0.15, 0.2) is 0 Å². The number of unbranched alkanes of at least 4 members (excludes halogenated alkanes) is 5. The third kappa shape index (κ3) is 6.08. The van der Waals surface area contributed by atoms with Gasteiger partial charge in [0, 0.05) is 0 Å². The Labute approximate surface area is 166 Å². The molecule has 0 radical (unpaired) electrons. The van der Waals surface area contributed by atoms with Crippen LogP contribution >= 0.6 is 45.2 Å². The van der Waals surface area contributed by atoms with E-state index in [1.54, 1.807) is 0 Å². The zero-order valence-corrected chi connectivity index (χ0v) is 18.7. The van der Waals surface area contributed by atoms with Crippen molar-refractivity contribution in [2.45, 2.75) is 90.5 Å². The molecule has 0 N–H and O–H groups in total. The van der Waals surface area contributed by atoms with Gasteiger partial charge in [0.2, 0.25) is 0 Å². The Morgan fingerprint density at radius 3 is 2.09 bits per heavy atom. The van der Waals surface area contributed by atoms with Crippen LogP contribution in [0, 0.1) is 7.27 Å². The van der Waals surface area contributed by atoms with Crippen molar-refractivity contribution in [3.8, 4) is 0 Å². The number of nitrogens with zero attached hydrogens (tertiary/aromatic N) is 2. The maximum atomic E-state index is 13.2. The second-order valence-corrected chi connectivity index (χ2v) is 8.57. The Morgan fingerprint density at radius 1 is 1.00 bits per heavy atom. The summed E-state index contributed by atoms with van der Waals surface area (Å²) in [7, 11) is 0. The topological polar surface area (TPSA) is 17.8 Å². The molecule has 0 aromatic carbocycles. The summed E-state index contributed by atoms with van der Waals surface area (Å²) in [5.41, 5.74) is -0.227. The number of aromatic nitrogens is 2. The lowest BCUT2D eigenvalue weighted by Crippen LogP contribution is -2.32. The molecule has 1 unspecified atom stereocenters. The van der Waals surface area contributed by atoms with E-state index < -0.39 is 6.43 Å². The van der Waals surface area contributed by atoms with Gasteiger partial charge in [0.1, 0.15) is 9.39 Å². The van der Waals surface area contributed by atoms with Crippen LogP contribution in [0.3, 0.4) is 0 Å². The fourth-order valence-corrected chi connectivity index (χ4v) is 4.43. The maximum absolute atomic E-state index is 13.2. The lowest BCUT2D eigenvalue weighted by Gasteiger charge is -2.31. The van der Waals surface area contributed by atoms with Crippen molar-refractivity contribution >= 4 is 45.2 Å². The molecule has 0 fully saturated rings. The largest absolute Gasteiger partial charge is 0.283 e. The molecular formula is C17H28F2I2N2. The molecule has 1 rings (SSSR count). The number of hydrogen-bond acceptors (Lipinski definition) is 1. The first kappa shape index (κ1) is 21.6. The Morgan fingerprint density at radius 2 is 1.57 bits per heavy atom. The summed E-state index contributed by atoms with van der Waals surface area (Å²) in [6.45, 7) is 6.57. The van der Waals surface area contributed by atoms with Gasteiger partial charge in [-0.2, -0.15) is 5.10 Å². The maximum Gasteiger partial charge on any atom is 0.283 e. The molecule has 0 saturated carbocycles. The molecule has 0 amide bonds. The lowest BCUT2D eigenvalue weighted by atomic mass is 9.89. The molecule has 2 nitrogen and oxygen atoms in total. The van der Waals surface area contributed by atoms with Crippen molar-refractivity contribution in [2.75, 3.05) is 0 Å². The lowest BCUT2D eigenvalue weighted by molar-refractivity contribution is 0.140. The van der Waals surface area contributed by atoms with Gasteiger partial charge in [0.05, 0.1) is 9.11 Å². The van der Waals surface area contributed by atoms with Gasteiger partial charge in [-0.3, -0.25) is 4.68 Å². The van der Waals surface area contributed by atoms with Gasteiger partial charge >= 0.3 is 0 Å². The van der Waals surface area contributed by atoms with Crippen LogP contribution in [-0.4, -0.2) is 9.78 Å². The van der Waals surface area contributed by atoms with Gasteiger partial charge in [0.25, 0.3) is 6.43 Å². The zero-order valence-electron chi connectivity index (χ0n) is 14.3. The van der Waals surface area contributed by atoms with Gasteiger partial charge in [-0.05, 0) is 64.9 Å². The van der Waals surface area contributed by atoms with Crippen molar-refractivity contribution in [2.24, 2.45) is 0 Å². The van der Waals surface area contributed by atoms with Crippen molar-refractivity contribution < 1.29 is 8.78 Å². The Kier molecular flexibility index (Phi) is 9.85. The molecular weight excluding hydrogens is 524 g/mol. The minimum Gasteiger partial charge on any atom is -0.252 e. The monoisotopic (exact) mass is 552 g/mol. The minimum atomic E-state index is -2.50. The highest BCUT2D eigenvalue weighted by molar-refractivity contribution is 14.1. The summed E-state index contributed by atoms with van der Waals surface area (Å²) in [6.07, 6.45) is 7.83. The molecule has 1 atom stereocenters. The Balaban J connectivity index is 2.93. The quantitative estimate of drug-likeness (QED) is 0.208. The minimum absolute atomic E-state index is 0.0660. The smallest absolute Gasteiger partial charge is 0.252 e. The van der Waals surface area contributed by atoms with Gasteiger partial charge in [-0.15, -0.1) is 0 Å². The van der Waals surface area contributed by atoms with Crippen molar-refractivity contribution in [1.29, 1.82) is 0 Å². The molecule has 0 saturated heterocycles. The van der Waals surface area contributed by atoms with E-state index in [0.29, 0.717) is 3.57 Å². The average Bonchev–Trinajstić information content (AvgIpc) is 2.82. The normalized spacial score (nSPS) is 14.4. The SMILES string of the molecule is CCCCCCCC(C)(CCCC)n1nc(C(F)F)c(I)c1I. The van der Waals surface area contributed by atoms with Crippen LogP contribution in [0.25, 0.3) is 0 Å². The highest BCUT2D eigenvalue weighted by Crippen LogP contribution is 2.35. The van der Waals surface area contributed by atoms with E-state index in [0.717, 1.165) is 35.8 Å². The second-order valence-electron chi connectivity index (χ2n) is 6.47. The van der Waals surface area contributed by atoms with Gasteiger partial charge < -0.3 is 0 Å². The van der Waals surface area contributed by atoms with Gasteiger partial charge in [-0.1, -0.05) is 58.8 Å². The zero-order chi connectivity index (χ0) is 17.5. The predicted octanol–water partition coefficient (Wildman–Crippen LogP) is 7.30. The second kappa shape index (κ2) is 10.5. The van der Waals surface area contributed by atoms with E-state index >= 15 is 0 Å². The number of alkyl halides is 2. The van der Waals surface area contributed by atoms with E-state index in [2.05, 4.69) is 48.5 Å². The highest BCUT2D eigenvalue weighted by Gasteiger charge is 2.32. The van der Waals surface area contributed by atoms with Crippen LogP contribution in [0.5, 0.6) is 0 Å². The Bertz CT molecular complexity index is 477. The first-order valence-corrected chi connectivity index (χ1v) is 10.8. The summed E-state index contributed by atoms with van der Waals surface area (Å²) in [5.74, 6) is 0.